The average Bonchev–Trinajstić information content (AvgIpc) is 2.54. The van der Waals surface area contributed by atoms with Gasteiger partial charge in [0.15, 0.2) is 0 Å². The zero-order valence-electron chi connectivity index (χ0n) is 15.0. The van der Waals surface area contributed by atoms with Crippen LogP contribution in [0.2, 0.25) is 0 Å². The first kappa shape index (κ1) is 17.9. The van der Waals surface area contributed by atoms with Crippen molar-refractivity contribution < 1.29 is 9.53 Å². The first-order valence-electron chi connectivity index (χ1n) is 8.12. The zero-order valence-corrected chi connectivity index (χ0v) is 15.0. The summed E-state index contributed by atoms with van der Waals surface area (Å²) in [6, 6.07) is 15.3. The van der Waals surface area contributed by atoms with E-state index in [-0.39, 0.29) is 17.5 Å². The molecule has 24 heavy (non-hydrogen) atoms. The van der Waals surface area contributed by atoms with Gasteiger partial charge in [-0.2, -0.15) is 0 Å². The quantitative estimate of drug-likeness (QED) is 0.841. The Hall–Kier alpha value is -2.49. The van der Waals surface area contributed by atoms with E-state index in [4.69, 9.17) is 4.74 Å². The fourth-order valence-corrected chi connectivity index (χ4v) is 2.46. The second-order valence-corrected chi connectivity index (χ2v) is 6.89. The van der Waals surface area contributed by atoms with E-state index in [2.05, 4.69) is 55.7 Å². The lowest BCUT2D eigenvalue weighted by Gasteiger charge is -2.21. The molecule has 0 radical (unpaired) electrons. The minimum Gasteiger partial charge on any atom is -0.495 e. The Labute approximate surface area is 144 Å². The number of ether oxygens (including phenoxy) is 1. The van der Waals surface area contributed by atoms with E-state index in [0.717, 1.165) is 5.56 Å². The van der Waals surface area contributed by atoms with Crippen molar-refractivity contribution in [1.82, 2.24) is 5.32 Å². The van der Waals surface area contributed by atoms with E-state index >= 15 is 0 Å². The number of amides is 2. The second-order valence-electron chi connectivity index (χ2n) is 6.89. The van der Waals surface area contributed by atoms with Gasteiger partial charge in [0.2, 0.25) is 0 Å². The smallest absolute Gasteiger partial charge is 0.319 e. The van der Waals surface area contributed by atoms with Crippen molar-refractivity contribution in [3.8, 4) is 5.75 Å². The molecule has 2 aromatic carbocycles. The number of hydrogen-bond acceptors (Lipinski definition) is 2. The van der Waals surface area contributed by atoms with Crippen molar-refractivity contribution in [3.63, 3.8) is 0 Å². The van der Waals surface area contributed by atoms with Crippen LogP contribution in [0.15, 0.2) is 48.5 Å². The van der Waals surface area contributed by atoms with Crippen LogP contribution in [0.5, 0.6) is 5.75 Å². The number of carbonyl (C=O) groups is 1. The van der Waals surface area contributed by atoms with Crippen LogP contribution in [0, 0.1) is 0 Å². The molecule has 0 fully saturated rings. The van der Waals surface area contributed by atoms with Gasteiger partial charge in [-0.3, -0.25) is 0 Å². The molecule has 128 valence electrons. The molecule has 0 aliphatic carbocycles. The SMILES string of the molecule is COc1ccccc1NC(=O)N[C@H](C)c1ccc(C(C)(C)C)cc1. The Morgan fingerprint density at radius 2 is 1.67 bits per heavy atom. The van der Waals surface area contributed by atoms with Gasteiger partial charge in [0.25, 0.3) is 0 Å². The summed E-state index contributed by atoms with van der Waals surface area (Å²) in [6.45, 7) is 8.52. The fourth-order valence-electron chi connectivity index (χ4n) is 2.46. The van der Waals surface area contributed by atoms with Gasteiger partial charge in [0.05, 0.1) is 18.8 Å². The lowest BCUT2D eigenvalue weighted by Crippen LogP contribution is -2.31. The number of carbonyl (C=O) groups excluding carboxylic acids is 1. The number of methoxy groups -OCH3 is 1. The summed E-state index contributed by atoms with van der Waals surface area (Å²) in [4.78, 5) is 12.2. The summed E-state index contributed by atoms with van der Waals surface area (Å²) in [5.41, 5.74) is 3.11. The first-order chi connectivity index (χ1) is 11.3. The zero-order chi connectivity index (χ0) is 17.7. The molecule has 2 N–H and O–H groups in total. The van der Waals surface area contributed by atoms with Crippen LogP contribution >= 0.6 is 0 Å². The van der Waals surface area contributed by atoms with Crippen LogP contribution in [0.25, 0.3) is 0 Å². The highest BCUT2D eigenvalue weighted by Crippen LogP contribution is 2.25. The third-order valence-corrected chi connectivity index (χ3v) is 3.98. The van der Waals surface area contributed by atoms with Crippen molar-refractivity contribution >= 4 is 11.7 Å². The molecule has 0 aliphatic rings. The molecule has 2 rings (SSSR count). The fraction of sp³-hybridized carbons (Fsp3) is 0.350. The van der Waals surface area contributed by atoms with E-state index in [0.29, 0.717) is 11.4 Å². The average molecular weight is 326 g/mol. The molecule has 4 nitrogen and oxygen atoms in total. The van der Waals surface area contributed by atoms with E-state index in [1.807, 2.05) is 25.1 Å². The highest BCUT2D eigenvalue weighted by atomic mass is 16.5. The van der Waals surface area contributed by atoms with Crippen LogP contribution in [-0.2, 0) is 5.41 Å². The van der Waals surface area contributed by atoms with E-state index < -0.39 is 0 Å². The van der Waals surface area contributed by atoms with Crippen LogP contribution in [-0.4, -0.2) is 13.1 Å². The number of hydrogen-bond donors (Lipinski definition) is 2. The third-order valence-electron chi connectivity index (χ3n) is 3.98. The Kier molecular flexibility index (Phi) is 5.50. The minimum atomic E-state index is -0.258. The summed E-state index contributed by atoms with van der Waals surface area (Å²) >= 11 is 0. The largest absolute Gasteiger partial charge is 0.495 e. The first-order valence-corrected chi connectivity index (χ1v) is 8.12. The van der Waals surface area contributed by atoms with Crippen molar-refractivity contribution in [2.24, 2.45) is 0 Å². The Morgan fingerprint density at radius 3 is 2.25 bits per heavy atom. The number of urea groups is 1. The van der Waals surface area contributed by atoms with Gasteiger partial charge in [0.1, 0.15) is 5.75 Å². The molecule has 0 heterocycles. The molecule has 0 bridgehead atoms. The van der Waals surface area contributed by atoms with Gasteiger partial charge in [-0.05, 0) is 35.6 Å². The minimum absolute atomic E-state index is 0.0891. The lowest BCUT2D eigenvalue weighted by atomic mass is 9.86. The van der Waals surface area contributed by atoms with Gasteiger partial charge in [-0.15, -0.1) is 0 Å². The molecule has 0 unspecified atom stereocenters. The Bertz CT molecular complexity index is 688. The normalized spacial score (nSPS) is 12.4. The number of benzene rings is 2. The number of nitrogens with one attached hydrogen (secondary N) is 2. The molecule has 0 saturated carbocycles. The maximum Gasteiger partial charge on any atom is 0.319 e. The van der Waals surface area contributed by atoms with E-state index in [1.165, 1.54) is 5.56 Å². The summed E-state index contributed by atoms with van der Waals surface area (Å²) in [5.74, 6) is 0.634. The molecule has 2 aromatic rings. The van der Waals surface area contributed by atoms with Crippen LogP contribution in [0.3, 0.4) is 0 Å². The van der Waals surface area contributed by atoms with Crippen LogP contribution in [0.4, 0.5) is 10.5 Å². The van der Waals surface area contributed by atoms with E-state index in [9.17, 15) is 4.79 Å². The van der Waals surface area contributed by atoms with Crippen LogP contribution < -0.4 is 15.4 Å². The third kappa shape index (κ3) is 4.51. The maximum absolute atomic E-state index is 12.2. The number of rotatable bonds is 4. The van der Waals surface area contributed by atoms with Gasteiger partial charge in [-0.1, -0.05) is 57.2 Å². The molecule has 2 amide bonds. The summed E-state index contributed by atoms with van der Waals surface area (Å²) in [6.07, 6.45) is 0. The van der Waals surface area contributed by atoms with Crippen LogP contribution in [0.1, 0.15) is 44.9 Å². The van der Waals surface area contributed by atoms with Crippen molar-refractivity contribution in [2.45, 2.75) is 39.2 Å². The molecule has 0 spiro atoms. The molecule has 0 aromatic heterocycles. The molecule has 1 atom stereocenters. The Balaban J connectivity index is 2.01. The van der Waals surface area contributed by atoms with Crippen molar-refractivity contribution in [2.75, 3.05) is 12.4 Å². The Morgan fingerprint density at radius 1 is 1.04 bits per heavy atom. The van der Waals surface area contributed by atoms with Crippen molar-refractivity contribution in [3.05, 3.63) is 59.7 Å². The van der Waals surface area contributed by atoms with Crippen molar-refractivity contribution in [1.29, 1.82) is 0 Å². The molecule has 0 saturated heterocycles. The summed E-state index contributed by atoms with van der Waals surface area (Å²) in [7, 11) is 1.58. The highest BCUT2D eigenvalue weighted by Gasteiger charge is 2.15. The second kappa shape index (κ2) is 7.39. The van der Waals surface area contributed by atoms with Gasteiger partial charge < -0.3 is 15.4 Å². The van der Waals surface area contributed by atoms with Gasteiger partial charge in [-0.25, -0.2) is 4.79 Å². The van der Waals surface area contributed by atoms with E-state index in [1.54, 1.807) is 13.2 Å². The molecular formula is C20H26N2O2. The standard InChI is InChI=1S/C20H26N2O2/c1-14(15-10-12-16(13-11-15)20(2,3)4)21-19(23)22-17-8-6-7-9-18(17)24-5/h6-14H,1-5H3,(H2,21,22,23)/t14-/m1/s1. The topological polar surface area (TPSA) is 50.4 Å². The molecule has 0 aliphatic heterocycles. The molecular weight excluding hydrogens is 300 g/mol. The lowest BCUT2D eigenvalue weighted by molar-refractivity contribution is 0.249. The molecule has 4 heteroatoms. The van der Waals surface area contributed by atoms with Gasteiger partial charge in [0, 0.05) is 0 Å². The summed E-state index contributed by atoms with van der Waals surface area (Å²) < 4.78 is 5.24. The predicted octanol–water partition coefficient (Wildman–Crippen LogP) is 4.88. The predicted molar refractivity (Wildman–Crippen MR) is 98.7 cm³/mol. The maximum atomic E-state index is 12.2. The summed E-state index contributed by atoms with van der Waals surface area (Å²) in [5, 5.41) is 5.77. The van der Waals surface area contributed by atoms with Gasteiger partial charge >= 0.3 is 6.03 Å². The monoisotopic (exact) mass is 326 g/mol. The highest BCUT2D eigenvalue weighted by molar-refractivity contribution is 5.91. The number of anilines is 1. The number of para-hydroxylation sites is 2.